The molecule has 1 aliphatic carbocycles. The van der Waals surface area contributed by atoms with Gasteiger partial charge in [0.15, 0.2) is 11.5 Å². The monoisotopic (exact) mass is 314 g/mol. The van der Waals surface area contributed by atoms with Crippen LogP contribution in [0.3, 0.4) is 0 Å². The van der Waals surface area contributed by atoms with Gasteiger partial charge < -0.3 is 5.32 Å². The average molecular weight is 314 g/mol. The Kier molecular flexibility index (Phi) is 4.20. The van der Waals surface area contributed by atoms with Crippen molar-refractivity contribution in [1.82, 2.24) is 9.97 Å². The van der Waals surface area contributed by atoms with E-state index >= 15 is 0 Å². The average Bonchev–Trinajstić information content (AvgIpc) is 3.03. The molecule has 3 rings (SSSR count). The quantitative estimate of drug-likeness (QED) is 0.937. The summed E-state index contributed by atoms with van der Waals surface area (Å²) >= 11 is 0. The van der Waals surface area contributed by atoms with E-state index in [-0.39, 0.29) is 11.3 Å². The Hall–Kier alpha value is -2.55. The van der Waals surface area contributed by atoms with Crippen LogP contribution in [-0.4, -0.2) is 16.5 Å². The molecule has 0 spiro atoms. The maximum atomic E-state index is 14.3. The first-order valence-corrected chi connectivity index (χ1v) is 7.56. The second kappa shape index (κ2) is 6.29. The van der Waals surface area contributed by atoms with Crippen LogP contribution < -0.4 is 5.32 Å². The van der Waals surface area contributed by atoms with Gasteiger partial charge in [0.1, 0.15) is 17.7 Å². The summed E-state index contributed by atoms with van der Waals surface area (Å²) in [6, 6.07) is 5.92. The molecule has 1 aromatic carbocycles. The third kappa shape index (κ3) is 2.87. The highest BCUT2D eigenvalue weighted by molar-refractivity contribution is 5.47. The van der Waals surface area contributed by atoms with Crippen LogP contribution in [0, 0.1) is 23.0 Å². The zero-order chi connectivity index (χ0) is 16.3. The summed E-state index contributed by atoms with van der Waals surface area (Å²) in [7, 11) is 0. The minimum atomic E-state index is -0.625. The summed E-state index contributed by atoms with van der Waals surface area (Å²) in [4.78, 5) is 8.04. The van der Waals surface area contributed by atoms with Gasteiger partial charge in [0, 0.05) is 29.9 Å². The number of rotatable bonds is 4. The maximum absolute atomic E-state index is 14.3. The maximum Gasteiger partial charge on any atom is 0.182 e. The number of aromatic nitrogens is 2. The number of benzene rings is 1. The van der Waals surface area contributed by atoms with Gasteiger partial charge in [-0.25, -0.2) is 18.7 Å². The van der Waals surface area contributed by atoms with E-state index in [1.165, 1.54) is 30.6 Å². The predicted molar refractivity (Wildman–Crippen MR) is 81.7 cm³/mol. The Morgan fingerprint density at radius 3 is 2.43 bits per heavy atom. The number of halogens is 2. The molecule has 1 saturated carbocycles. The molecular formula is C17H16F2N4. The van der Waals surface area contributed by atoms with E-state index < -0.39 is 17.0 Å². The number of nitrogens with one attached hydrogen (secondary N) is 1. The Morgan fingerprint density at radius 2 is 1.78 bits per heavy atom. The molecule has 0 amide bonds. The molecule has 2 aromatic rings. The normalized spacial score (nSPS) is 16.0. The summed E-state index contributed by atoms with van der Waals surface area (Å²) in [6.45, 7) is 0.318. The van der Waals surface area contributed by atoms with Crippen LogP contribution in [0.4, 0.5) is 14.6 Å². The first-order valence-electron chi connectivity index (χ1n) is 7.56. The highest BCUT2D eigenvalue weighted by atomic mass is 19.1. The Labute approximate surface area is 133 Å². The van der Waals surface area contributed by atoms with Crippen molar-refractivity contribution in [1.29, 1.82) is 5.26 Å². The second-order valence-corrected chi connectivity index (χ2v) is 5.80. The first-order chi connectivity index (χ1) is 11.2. The molecule has 0 radical (unpaired) electrons. The molecule has 23 heavy (non-hydrogen) atoms. The molecular weight excluding hydrogens is 298 g/mol. The Morgan fingerprint density at radius 1 is 1.13 bits per heavy atom. The lowest BCUT2D eigenvalue weighted by Gasteiger charge is -2.31. The summed E-state index contributed by atoms with van der Waals surface area (Å²) in [5, 5.41) is 12.1. The van der Waals surface area contributed by atoms with Crippen molar-refractivity contribution in [2.75, 3.05) is 11.9 Å². The summed E-state index contributed by atoms with van der Waals surface area (Å²) in [6.07, 6.45) is 6.14. The largest absolute Gasteiger partial charge is 0.367 e. The van der Waals surface area contributed by atoms with Crippen LogP contribution in [0.15, 0.2) is 30.6 Å². The third-order valence-corrected chi connectivity index (χ3v) is 4.45. The van der Waals surface area contributed by atoms with E-state index in [1.807, 2.05) is 6.07 Å². The Bertz CT molecular complexity index is 728. The van der Waals surface area contributed by atoms with Gasteiger partial charge in [0.25, 0.3) is 0 Å². The zero-order valence-electron chi connectivity index (χ0n) is 12.5. The van der Waals surface area contributed by atoms with Crippen molar-refractivity contribution in [3.8, 4) is 6.07 Å². The molecule has 0 bridgehead atoms. The van der Waals surface area contributed by atoms with Gasteiger partial charge in [-0.05, 0) is 25.0 Å². The lowest BCUT2D eigenvalue weighted by atomic mass is 9.78. The minimum Gasteiger partial charge on any atom is -0.367 e. The van der Waals surface area contributed by atoms with Gasteiger partial charge in [-0.15, -0.1) is 0 Å². The van der Waals surface area contributed by atoms with Gasteiger partial charge in [0.05, 0.1) is 0 Å². The van der Waals surface area contributed by atoms with E-state index in [9.17, 15) is 8.78 Å². The van der Waals surface area contributed by atoms with Gasteiger partial charge in [-0.1, -0.05) is 18.9 Å². The van der Waals surface area contributed by atoms with Crippen molar-refractivity contribution < 1.29 is 8.78 Å². The van der Waals surface area contributed by atoms with Crippen molar-refractivity contribution in [3.63, 3.8) is 0 Å². The molecule has 1 fully saturated rings. The van der Waals surface area contributed by atoms with E-state index in [0.29, 0.717) is 25.2 Å². The topological polar surface area (TPSA) is 61.6 Å². The van der Waals surface area contributed by atoms with Crippen LogP contribution in [-0.2, 0) is 5.41 Å². The van der Waals surface area contributed by atoms with Gasteiger partial charge in [-0.3, -0.25) is 0 Å². The number of hydrogen-bond donors (Lipinski definition) is 1. The van der Waals surface area contributed by atoms with E-state index in [0.717, 1.165) is 12.8 Å². The lowest BCUT2D eigenvalue weighted by molar-refractivity contribution is 0.409. The van der Waals surface area contributed by atoms with Crippen LogP contribution in [0.25, 0.3) is 0 Å². The predicted octanol–water partition coefficient (Wildman–Crippen LogP) is 3.55. The fraction of sp³-hybridized carbons (Fsp3) is 0.353. The molecule has 0 unspecified atom stereocenters. The fourth-order valence-corrected chi connectivity index (χ4v) is 3.37. The highest BCUT2D eigenvalue weighted by Crippen LogP contribution is 2.43. The number of nitrogens with zero attached hydrogens (tertiary/aromatic N) is 3. The third-order valence-electron chi connectivity index (χ3n) is 4.45. The van der Waals surface area contributed by atoms with Crippen LogP contribution >= 0.6 is 0 Å². The van der Waals surface area contributed by atoms with Gasteiger partial charge in [-0.2, -0.15) is 5.26 Å². The van der Waals surface area contributed by atoms with Crippen molar-refractivity contribution >= 4 is 5.82 Å². The van der Waals surface area contributed by atoms with Crippen LogP contribution in [0.2, 0.25) is 0 Å². The van der Waals surface area contributed by atoms with Crippen LogP contribution in [0.5, 0.6) is 0 Å². The highest BCUT2D eigenvalue weighted by Gasteiger charge is 2.39. The fourth-order valence-electron chi connectivity index (χ4n) is 3.37. The molecule has 1 heterocycles. The smallest absolute Gasteiger partial charge is 0.182 e. The Balaban J connectivity index is 1.92. The number of hydrogen-bond acceptors (Lipinski definition) is 4. The van der Waals surface area contributed by atoms with Gasteiger partial charge >= 0.3 is 0 Å². The molecule has 6 heteroatoms. The SMILES string of the molecule is N#Cc1nccnc1NCC1(c2c(F)cccc2F)CCCC1. The minimum absolute atomic E-state index is 0.132. The summed E-state index contributed by atoms with van der Waals surface area (Å²) < 4.78 is 28.5. The second-order valence-electron chi connectivity index (χ2n) is 5.80. The molecule has 0 atom stereocenters. The van der Waals surface area contributed by atoms with E-state index in [1.54, 1.807) is 0 Å². The van der Waals surface area contributed by atoms with Gasteiger partial charge in [0.2, 0.25) is 0 Å². The zero-order valence-corrected chi connectivity index (χ0v) is 12.5. The molecule has 1 N–H and O–H groups in total. The van der Waals surface area contributed by atoms with Crippen molar-refractivity contribution in [3.05, 3.63) is 53.5 Å². The molecule has 1 aliphatic rings. The van der Waals surface area contributed by atoms with Crippen molar-refractivity contribution in [2.24, 2.45) is 0 Å². The molecule has 118 valence electrons. The van der Waals surface area contributed by atoms with Crippen molar-refractivity contribution in [2.45, 2.75) is 31.1 Å². The molecule has 4 nitrogen and oxygen atoms in total. The van der Waals surface area contributed by atoms with Crippen LogP contribution in [0.1, 0.15) is 36.9 Å². The van der Waals surface area contributed by atoms with E-state index in [2.05, 4.69) is 15.3 Å². The molecule has 1 aromatic heterocycles. The molecule has 0 aliphatic heterocycles. The van der Waals surface area contributed by atoms with E-state index in [4.69, 9.17) is 5.26 Å². The molecule has 0 saturated heterocycles. The summed E-state index contributed by atoms with van der Waals surface area (Å²) in [5.74, 6) is -0.695. The summed E-state index contributed by atoms with van der Waals surface area (Å²) in [5.41, 5.74) is -0.318. The number of nitriles is 1. The number of anilines is 1. The first kappa shape index (κ1) is 15.3. The standard InChI is InChI=1S/C17H16F2N4/c18-12-4-3-5-13(19)15(12)17(6-1-2-7-17)11-23-16-14(10-20)21-8-9-22-16/h3-5,8-9H,1-2,6-7,11H2,(H,22,23). The lowest BCUT2D eigenvalue weighted by Crippen LogP contribution is -2.34.